The van der Waals surface area contributed by atoms with Crippen LogP contribution in [-0.4, -0.2) is 21.8 Å². The Morgan fingerprint density at radius 2 is 2.08 bits per heavy atom. The number of aromatic nitrogens is 2. The lowest BCUT2D eigenvalue weighted by atomic mass is 9.85. The van der Waals surface area contributed by atoms with Gasteiger partial charge in [0.15, 0.2) is 5.54 Å². The number of hydrogen-bond acceptors (Lipinski definition) is 6. The fourth-order valence-corrected chi connectivity index (χ4v) is 3.07. The highest BCUT2D eigenvalue weighted by molar-refractivity contribution is 6.05. The molecule has 0 saturated carbocycles. The summed E-state index contributed by atoms with van der Waals surface area (Å²) < 4.78 is 14.0. The van der Waals surface area contributed by atoms with Crippen molar-refractivity contribution in [2.45, 2.75) is 18.4 Å². The first-order valence-electron chi connectivity index (χ1n) is 7.49. The van der Waals surface area contributed by atoms with Gasteiger partial charge in [0.05, 0.1) is 11.6 Å². The summed E-state index contributed by atoms with van der Waals surface area (Å²) in [4.78, 5) is 33.8. The van der Waals surface area contributed by atoms with Crippen LogP contribution < -0.4 is 10.6 Å². The minimum atomic E-state index is -1.75. The third-order valence-corrected chi connectivity index (χ3v) is 4.20. The van der Waals surface area contributed by atoms with Gasteiger partial charge in [-0.05, 0) is 36.2 Å². The molecular weight excluding hydrogens is 339 g/mol. The molecule has 26 heavy (non-hydrogen) atoms. The van der Waals surface area contributed by atoms with Crippen molar-refractivity contribution in [3.8, 4) is 12.1 Å². The van der Waals surface area contributed by atoms with Crippen LogP contribution in [0.15, 0.2) is 30.5 Å². The van der Waals surface area contributed by atoms with Gasteiger partial charge in [0.25, 0.3) is 0 Å². The molecule has 2 N–H and O–H groups in total. The summed E-state index contributed by atoms with van der Waals surface area (Å²) in [6.45, 7) is 0. The van der Waals surface area contributed by atoms with E-state index in [0.717, 1.165) is 17.0 Å². The third-order valence-electron chi connectivity index (χ3n) is 4.20. The molecule has 1 saturated heterocycles. The molecule has 1 atom stereocenters. The Morgan fingerprint density at radius 3 is 2.73 bits per heavy atom. The van der Waals surface area contributed by atoms with Crippen LogP contribution in [0.4, 0.5) is 10.3 Å². The molecule has 1 aromatic heterocycles. The van der Waals surface area contributed by atoms with Crippen molar-refractivity contribution in [2.75, 3.05) is 4.90 Å². The molecule has 2 heterocycles. The highest BCUT2D eigenvalue weighted by Gasteiger charge is 2.53. The van der Waals surface area contributed by atoms with Crippen LogP contribution in [0.2, 0.25) is 0 Å². The molecule has 3 rings (SSSR count). The summed E-state index contributed by atoms with van der Waals surface area (Å²) in [6, 6.07) is 8.31. The number of carbonyl (C=O) groups is 2. The summed E-state index contributed by atoms with van der Waals surface area (Å²) in [7, 11) is 0. The first kappa shape index (κ1) is 17.0. The first-order valence-corrected chi connectivity index (χ1v) is 7.49. The number of primary amides is 1. The van der Waals surface area contributed by atoms with Crippen LogP contribution in [-0.2, 0) is 15.1 Å². The average molecular weight is 350 g/mol. The molecule has 2 aromatic rings. The predicted octanol–water partition coefficient (Wildman–Crippen LogP) is 0.867. The van der Waals surface area contributed by atoms with E-state index >= 15 is 0 Å². The van der Waals surface area contributed by atoms with Gasteiger partial charge in [0.1, 0.15) is 17.6 Å². The van der Waals surface area contributed by atoms with Gasteiger partial charge in [-0.15, -0.1) is 0 Å². The van der Waals surface area contributed by atoms with E-state index < -0.39 is 23.2 Å². The number of nitrogens with zero attached hydrogens (tertiary/aromatic N) is 5. The zero-order valence-corrected chi connectivity index (χ0v) is 13.3. The lowest BCUT2D eigenvalue weighted by Crippen LogP contribution is -2.53. The van der Waals surface area contributed by atoms with Crippen LogP contribution in [0.3, 0.4) is 0 Å². The molecule has 1 aliphatic heterocycles. The SMILES string of the molecule is N#Cc1cc(F)cc(C2(C(N)=O)CCC(=O)N2c2nccc(C#N)n2)c1. The molecule has 1 aromatic carbocycles. The molecule has 8 nitrogen and oxygen atoms in total. The summed E-state index contributed by atoms with van der Waals surface area (Å²) in [5.74, 6) is -2.34. The van der Waals surface area contributed by atoms with Crippen molar-refractivity contribution < 1.29 is 14.0 Å². The molecule has 128 valence electrons. The Labute approximate surface area is 147 Å². The Balaban J connectivity index is 2.27. The van der Waals surface area contributed by atoms with Crippen LogP contribution in [0, 0.1) is 28.5 Å². The van der Waals surface area contributed by atoms with Crippen LogP contribution in [0.5, 0.6) is 0 Å². The van der Waals surface area contributed by atoms with Crippen molar-refractivity contribution in [3.05, 3.63) is 53.1 Å². The maximum Gasteiger partial charge on any atom is 0.248 e. The largest absolute Gasteiger partial charge is 0.367 e. The van der Waals surface area contributed by atoms with Gasteiger partial charge in [0.2, 0.25) is 17.8 Å². The number of halogens is 1. The van der Waals surface area contributed by atoms with E-state index in [-0.39, 0.29) is 35.6 Å². The Kier molecular flexibility index (Phi) is 4.07. The predicted molar refractivity (Wildman–Crippen MR) is 85.5 cm³/mol. The Morgan fingerprint density at radius 1 is 1.31 bits per heavy atom. The number of hydrogen-bond donors (Lipinski definition) is 1. The molecular formula is C17H11FN6O2. The first-order chi connectivity index (χ1) is 12.4. The third kappa shape index (κ3) is 2.52. The topological polar surface area (TPSA) is 137 Å². The highest BCUT2D eigenvalue weighted by Crippen LogP contribution is 2.42. The smallest absolute Gasteiger partial charge is 0.248 e. The quantitative estimate of drug-likeness (QED) is 0.872. The van der Waals surface area contributed by atoms with E-state index in [0.29, 0.717) is 0 Å². The Bertz CT molecular complexity index is 1010. The molecule has 0 aliphatic carbocycles. The fraction of sp³-hybridized carbons (Fsp3) is 0.176. The minimum absolute atomic E-state index is 0.00923. The molecule has 2 amide bonds. The van der Waals surface area contributed by atoms with Crippen LogP contribution in [0.1, 0.15) is 29.7 Å². The normalized spacial score (nSPS) is 19.0. The summed E-state index contributed by atoms with van der Waals surface area (Å²) in [6.07, 6.45) is 1.18. The van der Waals surface area contributed by atoms with Gasteiger partial charge < -0.3 is 5.73 Å². The zero-order chi connectivity index (χ0) is 18.9. The van der Waals surface area contributed by atoms with Gasteiger partial charge >= 0.3 is 0 Å². The van der Waals surface area contributed by atoms with E-state index in [9.17, 15) is 14.0 Å². The molecule has 1 aliphatic rings. The van der Waals surface area contributed by atoms with E-state index in [1.807, 2.05) is 6.07 Å². The Hall–Kier alpha value is -3.85. The minimum Gasteiger partial charge on any atom is -0.367 e. The summed E-state index contributed by atoms with van der Waals surface area (Å²) in [5.41, 5.74) is 3.88. The molecule has 1 fully saturated rings. The van der Waals surface area contributed by atoms with Crippen molar-refractivity contribution in [2.24, 2.45) is 5.73 Å². The standard InChI is InChI=1S/C17H11FN6O2/c18-12-6-10(8-19)5-11(7-12)17(15(21)26)3-1-14(25)24(17)16-22-4-2-13(9-20)23-16/h2,4-7H,1,3H2,(H2,21,26). The van der Waals surface area contributed by atoms with Gasteiger partial charge in [-0.3, -0.25) is 14.5 Å². The number of amides is 2. The molecule has 0 bridgehead atoms. The number of rotatable bonds is 3. The lowest BCUT2D eigenvalue weighted by molar-refractivity contribution is -0.125. The number of benzene rings is 1. The highest BCUT2D eigenvalue weighted by atomic mass is 19.1. The van der Waals surface area contributed by atoms with Crippen molar-refractivity contribution in [3.63, 3.8) is 0 Å². The second-order valence-corrected chi connectivity index (χ2v) is 5.65. The van der Waals surface area contributed by atoms with Crippen LogP contribution >= 0.6 is 0 Å². The summed E-state index contributed by atoms with van der Waals surface area (Å²) >= 11 is 0. The molecule has 0 radical (unpaired) electrons. The number of carbonyl (C=O) groups excluding carboxylic acids is 2. The molecule has 0 spiro atoms. The molecule has 1 unspecified atom stereocenters. The van der Waals surface area contributed by atoms with Gasteiger partial charge in [-0.2, -0.15) is 10.5 Å². The number of anilines is 1. The van der Waals surface area contributed by atoms with Gasteiger partial charge in [-0.1, -0.05) is 0 Å². The summed E-state index contributed by atoms with van der Waals surface area (Å²) in [5, 5.41) is 18.1. The second-order valence-electron chi connectivity index (χ2n) is 5.65. The van der Waals surface area contributed by atoms with Crippen LogP contribution in [0.25, 0.3) is 0 Å². The zero-order valence-electron chi connectivity index (χ0n) is 13.3. The van der Waals surface area contributed by atoms with E-state index in [4.69, 9.17) is 16.3 Å². The van der Waals surface area contributed by atoms with Gasteiger partial charge in [-0.25, -0.2) is 14.4 Å². The number of nitriles is 2. The molecule has 9 heteroatoms. The lowest BCUT2D eigenvalue weighted by Gasteiger charge is -2.34. The van der Waals surface area contributed by atoms with Gasteiger partial charge in [0, 0.05) is 12.6 Å². The van der Waals surface area contributed by atoms with E-state index in [1.165, 1.54) is 18.3 Å². The van der Waals surface area contributed by atoms with Crippen molar-refractivity contribution >= 4 is 17.8 Å². The second kappa shape index (κ2) is 6.22. The van der Waals surface area contributed by atoms with Crippen molar-refractivity contribution in [1.29, 1.82) is 10.5 Å². The van der Waals surface area contributed by atoms with E-state index in [1.54, 1.807) is 6.07 Å². The monoisotopic (exact) mass is 350 g/mol. The van der Waals surface area contributed by atoms with Crippen molar-refractivity contribution in [1.82, 2.24) is 9.97 Å². The number of nitrogens with two attached hydrogens (primary N) is 1. The van der Waals surface area contributed by atoms with E-state index in [2.05, 4.69) is 9.97 Å². The fourth-order valence-electron chi connectivity index (χ4n) is 3.07. The maximum atomic E-state index is 14.0. The maximum absolute atomic E-state index is 14.0. The average Bonchev–Trinajstić information content (AvgIpc) is 2.99.